The van der Waals surface area contributed by atoms with Gasteiger partial charge in [-0.05, 0) is 27.2 Å². The van der Waals surface area contributed by atoms with E-state index in [1.54, 1.807) is 20.8 Å². The fraction of sp³-hybridized carbons (Fsp3) is 0.615. The van der Waals surface area contributed by atoms with Gasteiger partial charge < -0.3 is 9.84 Å². The van der Waals surface area contributed by atoms with E-state index in [1.807, 2.05) is 0 Å². The number of carbonyl (C=O) groups excluding carboxylic acids is 2. The first-order valence-electron chi connectivity index (χ1n) is 5.89. The minimum Gasteiger partial charge on any atom is -0.480 e. The highest BCUT2D eigenvalue weighted by molar-refractivity contribution is 6.00. The Kier molecular flexibility index (Phi) is 4.20. The molecule has 2 atom stereocenters. The van der Waals surface area contributed by atoms with Gasteiger partial charge in [-0.1, -0.05) is 0 Å². The average molecular weight is 267 g/mol. The first-order valence-corrected chi connectivity index (χ1v) is 5.89. The molecule has 0 bridgehead atoms. The summed E-state index contributed by atoms with van der Waals surface area (Å²) in [5, 5.41) is 9.08. The first kappa shape index (κ1) is 15.0. The number of terminal acetylenes is 1. The fourth-order valence-electron chi connectivity index (χ4n) is 1.88. The lowest BCUT2D eigenvalue weighted by molar-refractivity contribution is -0.145. The van der Waals surface area contributed by atoms with Crippen molar-refractivity contribution in [1.82, 2.24) is 4.90 Å². The maximum absolute atomic E-state index is 12.0. The number of amides is 2. The van der Waals surface area contributed by atoms with E-state index in [2.05, 4.69) is 5.92 Å². The molecular formula is C13H17NO5. The zero-order valence-corrected chi connectivity index (χ0v) is 11.2. The van der Waals surface area contributed by atoms with Crippen LogP contribution in [0.4, 0.5) is 4.79 Å². The van der Waals surface area contributed by atoms with Crippen LogP contribution in [0.3, 0.4) is 0 Å². The lowest BCUT2D eigenvalue weighted by atomic mass is 10.0. The fourth-order valence-corrected chi connectivity index (χ4v) is 1.88. The molecule has 0 saturated carbocycles. The van der Waals surface area contributed by atoms with E-state index >= 15 is 0 Å². The Balaban J connectivity index is 2.95. The zero-order chi connectivity index (χ0) is 14.8. The Hall–Kier alpha value is -2.03. The molecule has 1 fully saturated rings. The number of hydrogen-bond donors (Lipinski definition) is 1. The molecule has 1 heterocycles. The van der Waals surface area contributed by atoms with E-state index in [4.69, 9.17) is 16.3 Å². The number of imide groups is 1. The summed E-state index contributed by atoms with van der Waals surface area (Å²) < 4.78 is 5.05. The molecule has 19 heavy (non-hydrogen) atoms. The second kappa shape index (κ2) is 5.31. The van der Waals surface area contributed by atoms with Crippen LogP contribution in [0.15, 0.2) is 0 Å². The quantitative estimate of drug-likeness (QED) is 0.761. The van der Waals surface area contributed by atoms with Crippen LogP contribution in [-0.2, 0) is 14.3 Å². The smallest absolute Gasteiger partial charge is 0.417 e. The predicted molar refractivity (Wildman–Crippen MR) is 66.1 cm³/mol. The second-order valence-corrected chi connectivity index (χ2v) is 5.38. The molecule has 1 saturated heterocycles. The standard InChI is InChI=1S/C13H17NO5/c1-5-6-8-7-9(11(16)17)14(10(8)15)12(18)19-13(2,3)4/h1,8-9H,6-7H2,2-4H3,(H,16,17)/t8?,9-/m0/s1. The molecule has 6 nitrogen and oxygen atoms in total. The molecule has 1 aliphatic heterocycles. The third-order valence-electron chi connectivity index (χ3n) is 2.65. The molecule has 1 rings (SSSR count). The highest BCUT2D eigenvalue weighted by atomic mass is 16.6. The van der Waals surface area contributed by atoms with Gasteiger partial charge in [0.2, 0.25) is 5.91 Å². The summed E-state index contributed by atoms with van der Waals surface area (Å²) in [6.45, 7) is 4.92. The molecule has 1 N–H and O–H groups in total. The van der Waals surface area contributed by atoms with Crippen LogP contribution in [0, 0.1) is 18.3 Å². The van der Waals surface area contributed by atoms with Crippen molar-refractivity contribution < 1.29 is 24.2 Å². The van der Waals surface area contributed by atoms with Crippen LogP contribution in [0.1, 0.15) is 33.6 Å². The molecule has 0 aromatic carbocycles. The second-order valence-electron chi connectivity index (χ2n) is 5.38. The SMILES string of the molecule is C#CCC1C[C@@H](C(=O)O)N(C(=O)OC(C)(C)C)C1=O. The van der Waals surface area contributed by atoms with Gasteiger partial charge in [-0.3, -0.25) is 4.79 Å². The lowest BCUT2D eigenvalue weighted by Crippen LogP contribution is -2.45. The Morgan fingerprint density at radius 3 is 2.53 bits per heavy atom. The molecule has 1 aliphatic rings. The minimum atomic E-state index is -1.24. The van der Waals surface area contributed by atoms with E-state index in [1.165, 1.54) is 0 Å². The van der Waals surface area contributed by atoms with Crippen molar-refractivity contribution >= 4 is 18.0 Å². The predicted octanol–water partition coefficient (Wildman–Crippen LogP) is 1.25. The van der Waals surface area contributed by atoms with Gasteiger partial charge in [-0.15, -0.1) is 12.3 Å². The lowest BCUT2D eigenvalue weighted by Gasteiger charge is -2.25. The number of carboxylic acids is 1. The molecule has 0 aromatic heterocycles. The topological polar surface area (TPSA) is 83.9 Å². The van der Waals surface area contributed by atoms with Crippen molar-refractivity contribution in [2.24, 2.45) is 5.92 Å². The highest BCUT2D eigenvalue weighted by Crippen LogP contribution is 2.29. The Labute approximate surface area is 111 Å². The highest BCUT2D eigenvalue weighted by Gasteiger charge is 2.47. The third kappa shape index (κ3) is 3.47. The van der Waals surface area contributed by atoms with E-state index in [9.17, 15) is 14.4 Å². The Morgan fingerprint density at radius 1 is 1.53 bits per heavy atom. The van der Waals surface area contributed by atoms with Gasteiger partial charge in [0.25, 0.3) is 0 Å². The van der Waals surface area contributed by atoms with Gasteiger partial charge in [0.05, 0.1) is 5.92 Å². The van der Waals surface area contributed by atoms with Crippen LogP contribution in [0.2, 0.25) is 0 Å². The monoisotopic (exact) mass is 267 g/mol. The number of likely N-dealkylation sites (tertiary alicyclic amines) is 1. The van der Waals surface area contributed by atoms with Crippen molar-refractivity contribution in [3.05, 3.63) is 0 Å². The molecule has 1 unspecified atom stereocenters. The molecule has 104 valence electrons. The molecular weight excluding hydrogens is 250 g/mol. The van der Waals surface area contributed by atoms with Crippen LogP contribution in [0.25, 0.3) is 0 Å². The van der Waals surface area contributed by atoms with E-state index in [0.29, 0.717) is 4.90 Å². The number of ether oxygens (including phenoxy) is 1. The summed E-state index contributed by atoms with van der Waals surface area (Å²) in [5.74, 6) is -0.146. The Bertz CT molecular complexity index is 443. The maximum Gasteiger partial charge on any atom is 0.417 e. The van der Waals surface area contributed by atoms with Crippen LogP contribution in [-0.4, -0.2) is 39.6 Å². The van der Waals surface area contributed by atoms with Crippen molar-refractivity contribution in [2.75, 3.05) is 0 Å². The summed E-state index contributed by atoms with van der Waals surface area (Å²) in [4.78, 5) is 35.7. The molecule has 6 heteroatoms. The van der Waals surface area contributed by atoms with E-state index in [-0.39, 0.29) is 12.8 Å². The van der Waals surface area contributed by atoms with Crippen LogP contribution in [0.5, 0.6) is 0 Å². The zero-order valence-electron chi connectivity index (χ0n) is 11.2. The average Bonchev–Trinajstić information content (AvgIpc) is 2.54. The van der Waals surface area contributed by atoms with Crippen molar-refractivity contribution in [3.8, 4) is 12.3 Å². The summed E-state index contributed by atoms with van der Waals surface area (Å²) in [6.07, 6.45) is 4.33. The normalized spacial score (nSPS) is 23.1. The number of aliphatic carboxylic acids is 1. The molecule has 0 spiro atoms. The van der Waals surface area contributed by atoms with Crippen LogP contribution >= 0.6 is 0 Å². The summed E-state index contributed by atoms with van der Waals surface area (Å²) >= 11 is 0. The van der Waals surface area contributed by atoms with Gasteiger partial charge >= 0.3 is 12.1 Å². The summed E-state index contributed by atoms with van der Waals surface area (Å²) in [5.41, 5.74) is -0.801. The number of nitrogens with zero attached hydrogens (tertiary/aromatic N) is 1. The van der Waals surface area contributed by atoms with Gasteiger partial charge in [-0.25, -0.2) is 14.5 Å². The van der Waals surface area contributed by atoms with Gasteiger partial charge in [0.1, 0.15) is 11.6 Å². The van der Waals surface area contributed by atoms with Gasteiger partial charge in [0.15, 0.2) is 0 Å². The largest absolute Gasteiger partial charge is 0.480 e. The van der Waals surface area contributed by atoms with Gasteiger partial charge in [-0.2, -0.15) is 0 Å². The number of carbonyl (C=O) groups is 3. The number of carboxylic acid groups (broad SMARTS) is 1. The van der Waals surface area contributed by atoms with Crippen LogP contribution < -0.4 is 0 Å². The molecule has 2 amide bonds. The van der Waals surface area contributed by atoms with E-state index in [0.717, 1.165) is 0 Å². The number of hydrogen-bond acceptors (Lipinski definition) is 4. The summed E-state index contributed by atoms with van der Waals surface area (Å²) in [7, 11) is 0. The minimum absolute atomic E-state index is 0.0254. The number of rotatable bonds is 2. The van der Waals surface area contributed by atoms with Crippen molar-refractivity contribution in [1.29, 1.82) is 0 Å². The van der Waals surface area contributed by atoms with E-state index < -0.39 is 35.5 Å². The molecule has 0 aromatic rings. The first-order chi connectivity index (χ1) is 8.67. The third-order valence-corrected chi connectivity index (χ3v) is 2.65. The van der Waals surface area contributed by atoms with Crippen molar-refractivity contribution in [2.45, 2.75) is 45.3 Å². The maximum atomic E-state index is 12.0. The molecule has 0 aliphatic carbocycles. The van der Waals surface area contributed by atoms with Crippen molar-refractivity contribution in [3.63, 3.8) is 0 Å². The summed E-state index contributed by atoms with van der Waals surface area (Å²) in [6, 6.07) is -1.21. The molecule has 0 radical (unpaired) electrons. The Morgan fingerprint density at radius 2 is 2.11 bits per heavy atom. The van der Waals surface area contributed by atoms with Gasteiger partial charge in [0, 0.05) is 6.42 Å².